The van der Waals surface area contributed by atoms with Gasteiger partial charge in [0, 0.05) is 11.3 Å². The van der Waals surface area contributed by atoms with Crippen LogP contribution < -0.4 is 5.32 Å². The fourth-order valence-electron chi connectivity index (χ4n) is 5.03. The Balaban J connectivity index is 1.41. The summed E-state index contributed by atoms with van der Waals surface area (Å²) < 4.78 is 5.33. The normalized spacial score (nSPS) is 18.1. The van der Waals surface area contributed by atoms with Gasteiger partial charge in [-0.2, -0.15) is 0 Å². The predicted molar refractivity (Wildman–Crippen MR) is 140 cm³/mol. The number of carbonyl (C=O) groups excluding carboxylic acids is 1. The smallest absolute Gasteiger partial charge is 0.261 e. The molecule has 1 aliphatic carbocycles. The highest BCUT2D eigenvalue weighted by Gasteiger charge is 2.25. The molecule has 180 valence electrons. The highest BCUT2D eigenvalue weighted by atomic mass is 35.5. The van der Waals surface area contributed by atoms with Gasteiger partial charge in [-0.25, -0.2) is 0 Å². The number of anilines is 1. The number of aromatic nitrogens is 1. The van der Waals surface area contributed by atoms with Crippen molar-refractivity contribution < 1.29 is 9.32 Å². The van der Waals surface area contributed by atoms with Crippen LogP contribution in [-0.2, 0) is 0 Å². The van der Waals surface area contributed by atoms with Crippen LogP contribution in [0.25, 0.3) is 11.3 Å². The Hall–Kier alpha value is -2.30. The summed E-state index contributed by atoms with van der Waals surface area (Å²) in [5, 5.41) is 7.88. The summed E-state index contributed by atoms with van der Waals surface area (Å²) in [6.45, 7) is 3.97. The molecular formula is C28H32Cl2N2O2. The quantitative estimate of drug-likeness (QED) is 0.315. The Labute approximate surface area is 212 Å². The van der Waals surface area contributed by atoms with Gasteiger partial charge in [0.15, 0.2) is 0 Å². The zero-order chi connectivity index (χ0) is 24.1. The van der Waals surface area contributed by atoms with Gasteiger partial charge in [-0.3, -0.25) is 4.79 Å². The van der Waals surface area contributed by atoms with Gasteiger partial charge in [0.1, 0.15) is 17.0 Å². The summed E-state index contributed by atoms with van der Waals surface area (Å²) in [6.07, 6.45) is 10.6. The number of nitrogens with zero attached hydrogens (tertiary/aromatic N) is 1. The highest BCUT2D eigenvalue weighted by Crippen LogP contribution is 2.39. The molecule has 0 spiro atoms. The van der Waals surface area contributed by atoms with Crippen molar-refractivity contribution in [1.82, 2.24) is 5.16 Å². The van der Waals surface area contributed by atoms with E-state index in [0.717, 1.165) is 11.6 Å². The predicted octanol–water partition coefficient (Wildman–Crippen LogP) is 9.06. The van der Waals surface area contributed by atoms with E-state index in [-0.39, 0.29) is 5.91 Å². The van der Waals surface area contributed by atoms with Gasteiger partial charge in [0.2, 0.25) is 0 Å². The highest BCUT2D eigenvalue weighted by molar-refractivity contribution is 6.39. The maximum Gasteiger partial charge on any atom is 0.261 e. The zero-order valence-corrected chi connectivity index (χ0v) is 21.4. The number of halogens is 2. The largest absolute Gasteiger partial charge is 0.360 e. The van der Waals surface area contributed by atoms with E-state index in [9.17, 15) is 4.79 Å². The molecule has 4 nitrogen and oxygen atoms in total. The molecule has 1 aromatic heterocycles. The zero-order valence-electron chi connectivity index (χ0n) is 19.9. The van der Waals surface area contributed by atoms with Crippen LogP contribution in [0.5, 0.6) is 0 Å². The molecule has 1 heterocycles. The third kappa shape index (κ3) is 5.67. The van der Waals surface area contributed by atoms with E-state index in [0.29, 0.717) is 38.5 Å². The Morgan fingerprint density at radius 3 is 2.35 bits per heavy atom. The summed E-state index contributed by atoms with van der Waals surface area (Å²) >= 11 is 12.7. The lowest BCUT2D eigenvalue weighted by atomic mass is 9.77. The van der Waals surface area contributed by atoms with Crippen LogP contribution in [0, 0.1) is 12.8 Å². The van der Waals surface area contributed by atoms with Gasteiger partial charge in [0.05, 0.1) is 10.0 Å². The molecular weight excluding hydrogens is 467 g/mol. The number of aryl methyl sites for hydroxylation is 1. The first-order valence-electron chi connectivity index (χ1n) is 12.3. The maximum absolute atomic E-state index is 13.1. The Morgan fingerprint density at radius 1 is 1.03 bits per heavy atom. The number of nitrogens with one attached hydrogen (secondary N) is 1. The van der Waals surface area contributed by atoms with Crippen molar-refractivity contribution in [2.75, 3.05) is 5.32 Å². The average molecular weight is 499 g/mol. The summed E-state index contributed by atoms with van der Waals surface area (Å²) in [7, 11) is 0. The monoisotopic (exact) mass is 498 g/mol. The summed E-state index contributed by atoms with van der Waals surface area (Å²) in [5.74, 6) is 1.62. The van der Waals surface area contributed by atoms with Gasteiger partial charge in [-0.15, -0.1) is 0 Å². The van der Waals surface area contributed by atoms with Crippen LogP contribution in [0.1, 0.15) is 85.9 Å². The van der Waals surface area contributed by atoms with Gasteiger partial charge >= 0.3 is 0 Å². The van der Waals surface area contributed by atoms with E-state index in [2.05, 4.69) is 29.5 Å². The second-order valence-electron chi connectivity index (χ2n) is 9.35. The van der Waals surface area contributed by atoms with Crippen molar-refractivity contribution in [1.29, 1.82) is 0 Å². The number of amides is 1. The molecule has 1 N–H and O–H groups in total. The third-order valence-corrected chi connectivity index (χ3v) is 7.62. The Kier molecular flexibility index (Phi) is 8.33. The molecule has 6 heteroatoms. The van der Waals surface area contributed by atoms with Crippen LogP contribution in [0.3, 0.4) is 0 Å². The van der Waals surface area contributed by atoms with Crippen molar-refractivity contribution in [3.05, 3.63) is 69.4 Å². The van der Waals surface area contributed by atoms with Crippen LogP contribution in [-0.4, -0.2) is 11.1 Å². The molecule has 0 aliphatic heterocycles. The molecule has 1 amide bonds. The number of unbranched alkanes of at least 4 members (excludes halogenated alkanes) is 2. The lowest BCUT2D eigenvalue weighted by Crippen LogP contribution is -2.15. The van der Waals surface area contributed by atoms with Crippen LogP contribution in [0.2, 0.25) is 10.0 Å². The van der Waals surface area contributed by atoms with E-state index < -0.39 is 0 Å². The first-order chi connectivity index (χ1) is 16.5. The van der Waals surface area contributed by atoms with Crippen LogP contribution in [0.15, 0.2) is 47.0 Å². The van der Waals surface area contributed by atoms with E-state index >= 15 is 0 Å². The molecule has 34 heavy (non-hydrogen) atoms. The molecule has 2 aromatic carbocycles. The maximum atomic E-state index is 13.1. The minimum absolute atomic E-state index is 0.301. The fraction of sp³-hybridized carbons (Fsp3) is 0.429. The van der Waals surface area contributed by atoms with Crippen molar-refractivity contribution >= 4 is 34.8 Å². The van der Waals surface area contributed by atoms with Crippen molar-refractivity contribution in [2.24, 2.45) is 5.92 Å². The Bertz CT molecular complexity index is 1100. The van der Waals surface area contributed by atoms with Gasteiger partial charge in [0.25, 0.3) is 5.91 Å². The first kappa shape index (κ1) is 24.8. The average Bonchev–Trinajstić information content (AvgIpc) is 3.21. The van der Waals surface area contributed by atoms with Crippen molar-refractivity contribution in [2.45, 2.75) is 71.1 Å². The molecule has 0 radical (unpaired) electrons. The molecule has 1 fully saturated rings. The van der Waals surface area contributed by atoms with E-state index in [1.165, 1.54) is 56.9 Å². The van der Waals surface area contributed by atoms with Crippen molar-refractivity contribution in [3.8, 4) is 11.3 Å². The van der Waals surface area contributed by atoms with Crippen molar-refractivity contribution in [3.63, 3.8) is 0 Å². The van der Waals surface area contributed by atoms with Crippen LogP contribution in [0.4, 0.5) is 5.69 Å². The first-order valence-corrected chi connectivity index (χ1v) is 13.1. The molecule has 1 aliphatic rings. The molecule has 0 atom stereocenters. The summed E-state index contributed by atoms with van der Waals surface area (Å²) in [5.41, 5.74) is 3.26. The van der Waals surface area contributed by atoms with E-state index in [1.807, 2.05) is 12.1 Å². The molecule has 0 saturated heterocycles. The molecule has 0 bridgehead atoms. The third-order valence-electron chi connectivity index (χ3n) is 6.99. The van der Waals surface area contributed by atoms with Crippen LogP contribution >= 0.6 is 23.2 Å². The number of hydrogen-bond donors (Lipinski definition) is 1. The standard InChI is InChI=1S/C28H32Cl2N2O2/c1-3-4-5-7-19-10-12-20(13-11-19)21-14-16-22(17-15-21)31-28(33)25-18(2)34-32-27(25)26-23(29)8-6-9-24(26)30/h6,8-9,14-17,19-20H,3-5,7,10-13H2,1-2H3,(H,31,33). The number of rotatable bonds is 8. The SMILES string of the molecule is CCCCCC1CCC(c2ccc(NC(=O)c3c(-c4c(Cl)cccc4Cl)noc3C)cc2)CC1. The number of benzene rings is 2. The van der Waals surface area contributed by atoms with E-state index in [4.69, 9.17) is 27.7 Å². The second kappa shape index (κ2) is 11.4. The summed E-state index contributed by atoms with van der Waals surface area (Å²) in [6, 6.07) is 13.4. The van der Waals surface area contributed by atoms with Gasteiger partial charge in [-0.1, -0.05) is 79.2 Å². The molecule has 0 unspecified atom stereocenters. The molecule has 1 saturated carbocycles. The van der Waals surface area contributed by atoms with Gasteiger partial charge < -0.3 is 9.84 Å². The number of carbonyl (C=O) groups is 1. The topological polar surface area (TPSA) is 55.1 Å². The second-order valence-corrected chi connectivity index (χ2v) is 10.2. The lowest BCUT2D eigenvalue weighted by Gasteiger charge is -2.29. The Morgan fingerprint density at radius 2 is 1.71 bits per heavy atom. The summed E-state index contributed by atoms with van der Waals surface area (Å²) in [4.78, 5) is 13.1. The molecule has 3 aromatic rings. The minimum atomic E-state index is -0.301. The minimum Gasteiger partial charge on any atom is -0.360 e. The lowest BCUT2D eigenvalue weighted by molar-refractivity contribution is 0.102. The number of hydrogen-bond acceptors (Lipinski definition) is 3. The molecule has 4 rings (SSSR count). The van der Waals surface area contributed by atoms with Gasteiger partial charge in [-0.05, 0) is 74.3 Å². The van der Waals surface area contributed by atoms with E-state index in [1.54, 1.807) is 25.1 Å². The fourth-order valence-corrected chi connectivity index (χ4v) is 5.61.